The number of halogens is 1. The number of nitrogens with one attached hydrogen (secondary N) is 4. The van der Waals surface area contributed by atoms with Gasteiger partial charge in [-0.1, -0.05) is 61.0 Å². The van der Waals surface area contributed by atoms with Crippen LogP contribution in [0.25, 0.3) is 10.9 Å². The highest BCUT2D eigenvalue weighted by molar-refractivity contribution is 6.35. The van der Waals surface area contributed by atoms with Gasteiger partial charge in [0.2, 0.25) is 0 Å². The molecule has 0 bridgehead atoms. The summed E-state index contributed by atoms with van der Waals surface area (Å²) in [6.07, 6.45) is 6.38. The molecule has 4 aromatic rings. The number of fused-ring (bicyclic) bond motifs is 1. The van der Waals surface area contributed by atoms with Gasteiger partial charge in [0, 0.05) is 29.5 Å². The van der Waals surface area contributed by atoms with E-state index >= 15 is 0 Å². The minimum Gasteiger partial charge on any atom is -0.377 e. The van der Waals surface area contributed by atoms with Crippen LogP contribution in [0.4, 0.5) is 11.4 Å². The molecule has 1 aliphatic carbocycles. The van der Waals surface area contributed by atoms with E-state index in [2.05, 4.69) is 57.8 Å². The van der Waals surface area contributed by atoms with Gasteiger partial charge in [-0.2, -0.15) is 10.5 Å². The number of hydrogen-bond donors (Lipinski definition) is 4. The number of nitrogens with zero attached hydrogens (tertiary/aromatic N) is 4. The predicted molar refractivity (Wildman–Crippen MR) is 161 cm³/mol. The standard InChI is InChI=1S/C32H29ClN8/c1-2-28(21-8-4-3-5-9-21)38-30-23(17-35)18-36-32-26(30)14-24(15-27(32)33)37-31(22-10-6-7-20(13-22)16-34)29-19-41(40-39-29)25-11-12-25/h3-10,13-15,18-19,25,28,31,37,39-40H,2,11-12H2,1H3,(H,36,38)/t28-,31-/m1/s1/i31D. The molecule has 2 heterocycles. The van der Waals surface area contributed by atoms with Crippen molar-refractivity contribution in [3.63, 3.8) is 0 Å². The second kappa shape index (κ2) is 11.4. The van der Waals surface area contributed by atoms with E-state index in [0.717, 1.165) is 24.8 Å². The van der Waals surface area contributed by atoms with Crippen molar-refractivity contribution in [2.45, 2.75) is 44.3 Å². The van der Waals surface area contributed by atoms with E-state index in [-0.39, 0.29) is 6.04 Å². The third-order valence-corrected chi connectivity index (χ3v) is 7.61. The van der Waals surface area contributed by atoms with Crippen LogP contribution in [0, 0.1) is 22.7 Å². The van der Waals surface area contributed by atoms with Gasteiger partial charge in [0.25, 0.3) is 0 Å². The molecule has 0 amide bonds. The first kappa shape index (κ1) is 25.2. The van der Waals surface area contributed by atoms with Crippen LogP contribution >= 0.6 is 11.6 Å². The van der Waals surface area contributed by atoms with Crippen molar-refractivity contribution in [2.75, 3.05) is 10.6 Å². The average molecular weight is 562 g/mol. The summed E-state index contributed by atoms with van der Waals surface area (Å²) >= 11 is 6.80. The number of aromatic nitrogens is 1. The van der Waals surface area contributed by atoms with Crippen molar-refractivity contribution in [1.29, 1.82) is 10.5 Å². The molecule has 1 saturated carbocycles. The topological polar surface area (TPSA) is 112 Å². The lowest BCUT2D eigenvalue weighted by molar-refractivity contribution is 0.260. The van der Waals surface area contributed by atoms with Crippen molar-refractivity contribution < 1.29 is 1.37 Å². The molecule has 1 aromatic heterocycles. The van der Waals surface area contributed by atoms with Gasteiger partial charge in [-0.25, -0.2) is 0 Å². The molecule has 1 fully saturated rings. The fourth-order valence-electron chi connectivity index (χ4n) is 5.04. The smallest absolute Gasteiger partial charge is 0.103 e. The molecule has 6 rings (SSSR count). The average Bonchev–Trinajstić information content (AvgIpc) is 3.75. The Labute approximate surface area is 245 Å². The summed E-state index contributed by atoms with van der Waals surface area (Å²) in [5.74, 6) is 0. The first-order chi connectivity index (χ1) is 20.4. The molecule has 2 atom stereocenters. The molecule has 2 aliphatic rings. The van der Waals surface area contributed by atoms with E-state index in [1.54, 1.807) is 24.3 Å². The number of hydrogen-bond acceptors (Lipinski definition) is 8. The van der Waals surface area contributed by atoms with E-state index in [1.165, 1.54) is 6.20 Å². The molecule has 0 spiro atoms. The lowest BCUT2D eigenvalue weighted by atomic mass is 10.0. The number of pyridine rings is 1. The van der Waals surface area contributed by atoms with Crippen LogP contribution in [-0.2, 0) is 0 Å². The number of rotatable bonds is 9. The van der Waals surface area contributed by atoms with Crippen LogP contribution in [0.3, 0.4) is 0 Å². The van der Waals surface area contributed by atoms with Gasteiger partial charge < -0.3 is 16.1 Å². The molecule has 9 heteroatoms. The third-order valence-electron chi connectivity index (χ3n) is 7.32. The zero-order valence-corrected chi connectivity index (χ0v) is 23.2. The Morgan fingerprint density at radius 1 is 1.07 bits per heavy atom. The van der Waals surface area contributed by atoms with Crippen molar-refractivity contribution in [3.05, 3.63) is 112 Å². The van der Waals surface area contributed by atoms with E-state index in [0.29, 0.717) is 55.7 Å². The van der Waals surface area contributed by atoms with Crippen molar-refractivity contribution in [1.82, 2.24) is 21.0 Å². The normalized spacial score (nSPS) is 16.9. The quantitative estimate of drug-likeness (QED) is 0.179. The fraction of sp³-hybridized carbons (Fsp3) is 0.219. The second-order valence-corrected chi connectivity index (χ2v) is 10.5. The van der Waals surface area contributed by atoms with Crippen molar-refractivity contribution in [3.8, 4) is 12.1 Å². The molecule has 0 unspecified atom stereocenters. The second-order valence-electron chi connectivity index (χ2n) is 10.1. The van der Waals surface area contributed by atoms with Crippen molar-refractivity contribution >= 4 is 33.9 Å². The maximum atomic E-state index is 10.0. The van der Waals surface area contributed by atoms with Crippen LogP contribution in [0.5, 0.6) is 0 Å². The fourth-order valence-corrected chi connectivity index (χ4v) is 5.31. The van der Waals surface area contributed by atoms with E-state index in [9.17, 15) is 11.9 Å². The first-order valence-electron chi connectivity index (χ1n) is 14.1. The minimum absolute atomic E-state index is 0.0457. The molecule has 8 nitrogen and oxygen atoms in total. The molecule has 41 heavy (non-hydrogen) atoms. The molecule has 0 saturated heterocycles. The number of benzene rings is 3. The van der Waals surface area contributed by atoms with Gasteiger partial charge in [-0.05, 0) is 54.7 Å². The molecule has 4 N–H and O–H groups in total. The maximum Gasteiger partial charge on any atom is 0.103 e. The minimum atomic E-state index is -1.51. The largest absolute Gasteiger partial charge is 0.377 e. The highest BCUT2D eigenvalue weighted by atomic mass is 35.5. The highest BCUT2D eigenvalue weighted by Crippen LogP contribution is 2.38. The summed E-state index contributed by atoms with van der Waals surface area (Å²) in [5, 5.41) is 29.6. The van der Waals surface area contributed by atoms with Crippen LogP contribution in [0.1, 0.15) is 61.9 Å². The molecule has 0 radical (unpaired) electrons. The summed E-state index contributed by atoms with van der Waals surface area (Å²) in [4.78, 5) is 4.50. The Kier molecular flexibility index (Phi) is 7.00. The Morgan fingerprint density at radius 2 is 1.88 bits per heavy atom. The summed E-state index contributed by atoms with van der Waals surface area (Å²) in [6, 6.07) is 24.0. The Balaban J connectivity index is 1.45. The zero-order valence-electron chi connectivity index (χ0n) is 23.4. The monoisotopic (exact) mass is 561 g/mol. The Hall–Kier alpha value is -4.76. The molecule has 204 valence electrons. The number of hydrazine groups is 2. The lowest BCUT2D eigenvalue weighted by Crippen LogP contribution is -2.38. The predicted octanol–water partition coefficient (Wildman–Crippen LogP) is 6.68. The number of nitriles is 2. The third kappa shape index (κ3) is 5.49. The summed E-state index contributed by atoms with van der Waals surface area (Å²) in [7, 11) is 0. The molecule has 3 aromatic carbocycles. The van der Waals surface area contributed by atoms with Crippen LogP contribution in [0.15, 0.2) is 84.8 Å². The SMILES string of the molecule is [2H][C@](Nc1cc(Cl)c2ncc(C#N)c(N[C@H](CC)c3ccccc3)c2c1)(C1=CN(C2CC2)NN1)c1cccc(C#N)c1. The van der Waals surface area contributed by atoms with Gasteiger partial charge in [0.1, 0.15) is 6.07 Å². The summed E-state index contributed by atoms with van der Waals surface area (Å²) in [6.45, 7) is 2.09. The first-order valence-corrected chi connectivity index (χ1v) is 14.0. The van der Waals surface area contributed by atoms with E-state index in [4.69, 9.17) is 11.6 Å². The van der Waals surface area contributed by atoms with Gasteiger partial charge >= 0.3 is 0 Å². The molecule has 1 aliphatic heterocycles. The zero-order chi connectivity index (χ0) is 29.3. The van der Waals surface area contributed by atoms with E-state index in [1.807, 2.05) is 41.5 Å². The van der Waals surface area contributed by atoms with Crippen molar-refractivity contribution in [2.24, 2.45) is 0 Å². The molecular formula is C32H29ClN8. The highest BCUT2D eigenvalue weighted by Gasteiger charge is 2.32. The lowest BCUT2D eigenvalue weighted by Gasteiger charge is -2.24. The van der Waals surface area contributed by atoms with Gasteiger partial charge in [0.05, 0.1) is 52.6 Å². The summed E-state index contributed by atoms with van der Waals surface area (Å²) < 4.78 is 9.74. The number of anilines is 2. The Bertz CT molecular complexity index is 1760. The van der Waals surface area contributed by atoms with Gasteiger partial charge in [-0.3, -0.25) is 9.99 Å². The van der Waals surface area contributed by atoms with Gasteiger partial charge in [0.15, 0.2) is 0 Å². The van der Waals surface area contributed by atoms with Crippen LogP contribution < -0.4 is 21.6 Å². The Morgan fingerprint density at radius 3 is 2.61 bits per heavy atom. The van der Waals surface area contributed by atoms with Gasteiger partial charge in [-0.15, -0.1) is 5.53 Å². The molecular weight excluding hydrogens is 532 g/mol. The summed E-state index contributed by atoms with van der Waals surface area (Å²) in [5.41, 5.74) is 11.1. The van der Waals surface area contributed by atoms with Crippen LogP contribution in [-0.4, -0.2) is 16.0 Å². The van der Waals surface area contributed by atoms with Crippen LogP contribution in [0.2, 0.25) is 5.02 Å². The maximum absolute atomic E-state index is 10.0. The van der Waals surface area contributed by atoms with E-state index < -0.39 is 6.02 Å².